The van der Waals surface area contributed by atoms with Crippen LogP contribution in [0, 0.1) is 0 Å². The van der Waals surface area contributed by atoms with Crippen molar-refractivity contribution in [2.24, 2.45) is 0 Å². The largest absolute Gasteiger partial charge is 0.353 e. The minimum Gasteiger partial charge on any atom is -0.353 e. The fourth-order valence-corrected chi connectivity index (χ4v) is 2.77. The van der Waals surface area contributed by atoms with Crippen LogP contribution in [0.1, 0.15) is 0 Å². The first kappa shape index (κ1) is 12.8. The van der Waals surface area contributed by atoms with E-state index in [0.717, 1.165) is 43.3 Å². The Morgan fingerprint density at radius 3 is 2.68 bits per heavy atom. The van der Waals surface area contributed by atoms with Gasteiger partial charge in [-0.3, -0.25) is 4.79 Å². The fraction of sp³-hybridized carbons (Fsp3) is 0.286. The number of piperazine rings is 1. The molecule has 0 radical (unpaired) electrons. The molecule has 4 rings (SSSR count). The van der Waals surface area contributed by atoms with Gasteiger partial charge in [-0.15, -0.1) is 0 Å². The monoisotopic (exact) mass is 297 g/mol. The molecule has 0 amide bonds. The summed E-state index contributed by atoms with van der Waals surface area (Å²) in [7, 11) is 0. The standard InChI is InChI=1S/C14H15N7O/c22-13-9-12(16-10-17-13)19-5-7-20(8-6-19)14-11-1-2-18-21(11)4-3-15-14/h1-4,9-10H,5-8H2,(H,16,17,22). The lowest BCUT2D eigenvalue weighted by Gasteiger charge is -2.36. The highest BCUT2D eigenvalue weighted by Gasteiger charge is 2.21. The van der Waals surface area contributed by atoms with Gasteiger partial charge in [-0.1, -0.05) is 0 Å². The lowest BCUT2D eigenvalue weighted by Crippen LogP contribution is -2.47. The predicted molar refractivity (Wildman–Crippen MR) is 82.3 cm³/mol. The van der Waals surface area contributed by atoms with Crippen LogP contribution in [0.4, 0.5) is 11.6 Å². The molecule has 4 heterocycles. The highest BCUT2D eigenvalue weighted by molar-refractivity contribution is 5.68. The molecule has 22 heavy (non-hydrogen) atoms. The molecule has 0 aliphatic carbocycles. The molecule has 0 spiro atoms. The Kier molecular flexibility index (Phi) is 2.99. The van der Waals surface area contributed by atoms with Gasteiger partial charge in [-0.2, -0.15) is 5.10 Å². The Balaban J connectivity index is 1.54. The first-order valence-electron chi connectivity index (χ1n) is 7.14. The van der Waals surface area contributed by atoms with Crippen molar-refractivity contribution in [2.45, 2.75) is 0 Å². The highest BCUT2D eigenvalue weighted by Crippen LogP contribution is 2.20. The summed E-state index contributed by atoms with van der Waals surface area (Å²) < 4.78 is 1.83. The molecule has 8 nitrogen and oxygen atoms in total. The van der Waals surface area contributed by atoms with E-state index in [1.54, 1.807) is 12.4 Å². The minimum atomic E-state index is -0.127. The van der Waals surface area contributed by atoms with Gasteiger partial charge >= 0.3 is 0 Å². The van der Waals surface area contributed by atoms with Crippen molar-refractivity contribution >= 4 is 17.2 Å². The second kappa shape index (κ2) is 5.14. The maximum Gasteiger partial charge on any atom is 0.252 e. The van der Waals surface area contributed by atoms with Crippen LogP contribution in [0.3, 0.4) is 0 Å². The smallest absolute Gasteiger partial charge is 0.252 e. The molecular formula is C14H15N7O. The van der Waals surface area contributed by atoms with Crippen molar-refractivity contribution in [3.63, 3.8) is 0 Å². The predicted octanol–water partition coefficient (Wildman–Crippen LogP) is 0.139. The van der Waals surface area contributed by atoms with Crippen LogP contribution in [0.2, 0.25) is 0 Å². The normalized spacial score (nSPS) is 15.5. The average molecular weight is 297 g/mol. The van der Waals surface area contributed by atoms with Crippen LogP contribution in [0.5, 0.6) is 0 Å². The molecule has 0 bridgehead atoms. The third kappa shape index (κ3) is 2.18. The molecular weight excluding hydrogens is 282 g/mol. The first-order chi connectivity index (χ1) is 10.8. The highest BCUT2D eigenvalue weighted by atomic mass is 16.1. The van der Waals surface area contributed by atoms with Gasteiger partial charge < -0.3 is 14.8 Å². The van der Waals surface area contributed by atoms with Gasteiger partial charge in [0.15, 0.2) is 5.82 Å². The third-order valence-corrected chi connectivity index (χ3v) is 3.87. The lowest BCUT2D eigenvalue weighted by atomic mass is 10.3. The van der Waals surface area contributed by atoms with Gasteiger partial charge in [0.25, 0.3) is 5.56 Å². The summed E-state index contributed by atoms with van der Waals surface area (Å²) in [6, 6.07) is 3.50. The lowest BCUT2D eigenvalue weighted by molar-refractivity contribution is 0.640. The van der Waals surface area contributed by atoms with Crippen molar-refractivity contribution in [2.75, 3.05) is 36.0 Å². The molecule has 0 atom stereocenters. The molecule has 3 aromatic rings. The topological polar surface area (TPSA) is 82.4 Å². The number of fused-ring (bicyclic) bond motifs is 1. The zero-order valence-corrected chi connectivity index (χ0v) is 11.9. The second-order valence-electron chi connectivity index (χ2n) is 5.16. The van der Waals surface area contributed by atoms with Crippen LogP contribution < -0.4 is 15.4 Å². The molecule has 3 aromatic heterocycles. The maximum atomic E-state index is 11.4. The molecule has 1 N–H and O–H groups in total. The van der Waals surface area contributed by atoms with Gasteiger partial charge in [0.05, 0.1) is 12.5 Å². The Labute approximate surface area is 126 Å². The van der Waals surface area contributed by atoms with E-state index in [1.807, 2.05) is 16.8 Å². The summed E-state index contributed by atoms with van der Waals surface area (Å²) in [5, 5.41) is 4.24. The van der Waals surface area contributed by atoms with E-state index >= 15 is 0 Å². The number of hydrogen-bond acceptors (Lipinski definition) is 6. The zero-order chi connectivity index (χ0) is 14.9. The van der Waals surface area contributed by atoms with Crippen molar-refractivity contribution in [3.8, 4) is 0 Å². The quantitative estimate of drug-likeness (QED) is 0.724. The van der Waals surface area contributed by atoms with Gasteiger partial charge in [-0.05, 0) is 6.07 Å². The van der Waals surface area contributed by atoms with Gasteiger partial charge in [-0.25, -0.2) is 14.5 Å². The maximum absolute atomic E-state index is 11.4. The number of nitrogens with zero attached hydrogens (tertiary/aromatic N) is 6. The summed E-state index contributed by atoms with van der Waals surface area (Å²) in [4.78, 5) is 27.0. The van der Waals surface area contributed by atoms with Gasteiger partial charge in [0.2, 0.25) is 0 Å². The SMILES string of the molecule is O=c1cc(N2CCN(c3nccn4nccc34)CC2)nc[nH]1. The number of hydrogen-bond donors (Lipinski definition) is 1. The Bertz CT molecular complexity index is 847. The second-order valence-corrected chi connectivity index (χ2v) is 5.16. The van der Waals surface area contributed by atoms with Crippen molar-refractivity contribution in [1.82, 2.24) is 24.6 Å². The Hall–Kier alpha value is -2.90. The summed E-state index contributed by atoms with van der Waals surface area (Å²) in [5.74, 6) is 1.66. The zero-order valence-electron chi connectivity index (χ0n) is 11.9. The van der Waals surface area contributed by atoms with E-state index in [0.29, 0.717) is 0 Å². The van der Waals surface area contributed by atoms with E-state index in [9.17, 15) is 4.79 Å². The molecule has 1 saturated heterocycles. The van der Waals surface area contributed by atoms with E-state index in [4.69, 9.17) is 0 Å². The average Bonchev–Trinajstić information content (AvgIpc) is 3.04. The minimum absolute atomic E-state index is 0.127. The molecule has 8 heteroatoms. The van der Waals surface area contributed by atoms with Crippen molar-refractivity contribution in [1.29, 1.82) is 0 Å². The van der Waals surface area contributed by atoms with Crippen LogP contribution in [0.15, 0.2) is 41.8 Å². The molecule has 112 valence electrons. The summed E-state index contributed by atoms with van der Waals surface area (Å²) in [6.45, 7) is 3.25. The van der Waals surface area contributed by atoms with Crippen LogP contribution in [-0.4, -0.2) is 50.7 Å². The van der Waals surface area contributed by atoms with Crippen molar-refractivity contribution < 1.29 is 0 Å². The van der Waals surface area contributed by atoms with E-state index in [1.165, 1.54) is 12.4 Å². The molecule has 0 saturated carbocycles. The Morgan fingerprint density at radius 1 is 1.05 bits per heavy atom. The van der Waals surface area contributed by atoms with E-state index < -0.39 is 0 Å². The van der Waals surface area contributed by atoms with Crippen LogP contribution in [0.25, 0.3) is 5.52 Å². The van der Waals surface area contributed by atoms with E-state index in [-0.39, 0.29) is 5.56 Å². The Morgan fingerprint density at radius 2 is 1.86 bits per heavy atom. The van der Waals surface area contributed by atoms with Crippen LogP contribution >= 0.6 is 0 Å². The number of rotatable bonds is 2. The fourth-order valence-electron chi connectivity index (χ4n) is 2.77. The van der Waals surface area contributed by atoms with E-state index in [2.05, 4.69) is 29.9 Å². The summed E-state index contributed by atoms with van der Waals surface area (Å²) in [5.41, 5.74) is 0.878. The van der Waals surface area contributed by atoms with Gasteiger partial charge in [0, 0.05) is 44.6 Å². The molecule has 1 fully saturated rings. The number of H-pyrrole nitrogens is 1. The molecule has 0 unspecified atom stereocenters. The van der Waals surface area contributed by atoms with Crippen molar-refractivity contribution in [3.05, 3.63) is 47.4 Å². The number of aromatic nitrogens is 5. The van der Waals surface area contributed by atoms with Crippen LogP contribution in [-0.2, 0) is 0 Å². The number of aromatic amines is 1. The number of nitrogens with one attached hydrogen (secondary N) is 1. The van der Waals surface area contributed by atoms with Gasteiger partial charge in [0.1, 0.15) is 11.3 Å². The summed E-state index contributed by atoms with van der Waals surface area (Å²) >= 11 is 0. The molecule has 0 aromatic carbocycles. The third-order valence-electron chi connectivity index (χ3n) is 3.87. The molecule has 1 aliphatic heterocycles. The molecule has 1 aliphatic rings. The number of anilines is 2. The summed E-state index contributed by atoms with van der Waals surface area (Å²) in [6.07, 6.45) is 6.82. The first-order valence-corrected chi connectivity index (χ1v) is 7.14.